The van der Waals surface area contributed by atoms with Gasteiger partial charge in [-0.1, -0.05) is 36.5 Å². The van der Waals surface area contributed by atoms with Crippen LogP contribution in [0.3, 0.4) is 0 Å². The molecule has 0 amide bonds. The first-order chi connectivity index (χ1) is 7.32. The van der Waals surface area contributed by atoms with Crippen LogP contribution in [0.1, 0.15) is 12.5 Å². The van der Waals surface area contributed by atoms with E-state index in [1.807, 2.05) is 0 Å². The number of allylic oxidation sites excluding steroid dienone is 1. The van der Waals surface area contributed by atoms with Gasteiger partial charge in [-0.15, -0.1) is 0 Å². The topological polar surface area (TPSA) is 17.1 Å². The van der Waals surface area contributed by atoms with Crippen LogP contribution in [0, 0.1) is 0 Å². The molecule has 0 radical (unpaired) electrons. The largest absolute Gasteiger partial charge is 0.416 e. The zero-order valence-electron chi connectivity index (χ0n) is 8.47. The first kappa shape index (κ1) is 12.8. The molecule has 0 saturated carbocycles. The molecular formula is C11H9F3OS. The summed E-state index contributed by atoms with van der Waals surface area (Å²) in [6.07, 6.45) is -4.48. The van der Waals surface area contributed by atoms with Gasteiger partial charge in [0, 0.05) is 17.4 Å². The first-order valence-corrected chi connectivity index (χ1v) is 5.18. The monoisotopic (exact) mass is 246 g/mol. The summed E-state index contributed by atoms with van der Waals surface area (Å²) in [6, 6.07) is 5.84. The number of hydrogen-bond acceptors (Lipinski definition) is 2. The van der Waals surface area contributed by atoms with Crippen LogP contribution in [0.25, 0.3) is 5.57 Å². The maximum Gasteiger partial charge on any atom is 0.416 e. The summed E-state index contributed by atoms with van der Waals surface area (Å²) < 4.78 is 37.4. The van der Waals surface area contributed by atoms with E-state index in [1.165, 1.54) is 25.1 Å². The van der Waals surface area contributed by atoms with Crippen LogP contribution in [0.4, 0.5) is 13.2 Å². The van der Waals surface area contributed by atoms with Crippen LogP contribution >= 0.6 is 11.8 Å². The lowest BCUT2D eigenvalue weighted by molar-refractivity contribution is -0.109. The molecule has 1 aromatic carbocycles. The van der Waals surface area contributed by atoms with Crippen molar-refractivity contribution in [3.8, 4) is 0 Å². The van der Waals surface area contributed by atoms with Gasteiger partial charge in [0.05, 0.1) is 5.57 Å². The van der Waals surface area contributed by atoms with Gasteiger partial charge in [0.25, 0.3) is 0 Å². The molecule has 16 heavy (non-hydrogen) atoms. The Morgan fingerprint density at radius 2 is 1.88 bits per heavy atom. The molecule has 0 unspecified atom stereocenters. The zero-order valence-corrected chi connectivity index (χ0v) is 9.28. The van der Waals surface area contributed by atoms with E-state index in [-0.39, 0.29) is 15.6 Å². The molecule has 0 atom stereocenters. The van der Waals surface area contributed by atoms with Crippen molar-refractivity contribution in [3.05, 3.63) is 36.4 Å². The van der Waals surface area contributed by atoms with Crippen molar-refractivity contribution < 1.29 is 18.0 Å². The molecule has 1 rings (SSSR count). The van der Waals surface area contributed by atoms with Crippen molar-refractivity contribution in [3.63, 3.8) is 0 Å². The van der Waals surface area contributed by atoms with Gasteiger partial charge < -0.3 is 0 Å². The van der Waals surface area contributed by atoms with Crippen molar-refractivity contribution in [2.75, 3.05) is 0 Å². The smallest absolute Gasteiger partial charge is 0.287 e. The molecule has 1 aromatic rings. The maximum absolute atomic E-state index is 12.5. The average molecular weight is 246 g/mol. The first-order valence-electron chi connectivity index (χ1n) is 4.36. The number of halogens is 3. The molecule has 0 saturated heterocycles. The Kier molecular flexibility index (Phi) is 3.80. The standard InChI is InChI=1S/C11H9F3OS/c1-7(11(12,13)14)9-5-3-4-6-10(9)16-8(2)15/h3-6H,1H2,2H3. The highest BCUT2D eigenvalue weighted by Gasteiger charge is 2.34. The van der Waals surface area contributed by atoms with Gasteiger partial charge in [-0.2, -0.15) is 13.2 Å². The molecule has 0 aliphatic carbocycles. The summed E-state index contributed by atoms with van der Waals surface area (Å²) in [7, 11) is 0. The molecule has 86 valence electrons. The second kappa shape index (κ2) is 4.74. The molecule has 0 fully saturated rings. The van der Waals surface area contributed by atoms with Crippen LogP contribution < -0.4 is 0 Å². The highest BCUT2D eigenvalue weighted by atomic mass is 32.2. The minimum Gasteiger partial charge on any atom is -0.287 e. The predicted octanol–water partition coefficient (Wildman–Crippen LogP) is 3.90. The average Bonchev–Trinajstić information content (AvgIpc) is 2.15. The highest BCUT2D eigenvalue weighted by molar-refractivity contribution is 8.13. The van der Waals surface area contributed by atoms with E-state index < -0.39 is 11.7 Å². The van der Waals surface area contributed by atoms with Gasteiger partial charge >= 0.3 is 6.18 Å². The lowest BCUT2D eigenvalue weighted by atomic mass is 10.1. The second-order valence-corrected chi connectivity index (χ2v) is 4.28. The Bertz CT molecular complexity index is 423. The van der Waals surface area contributed by atoms with Crippen molar-refractivity contribution in [1.29, 1.82) is 0 Å². The van der Waals surface area contributed by atoms with E-state index in [0.717, 1.165) is 11.8 Å². The van der Waals surface area contributed by atoms with E-state index in [1.54, 1.807) is 6.07 Å². The van der Waals surface area contributed by atoms with E-state index in [0.29, 0.717) is 0 Å². The predicted molar refractivity (Wildman–Crippen MR) is 58.1 cm³/mol. The Hall–Kier alpha value is -1.23. The van der Waals surface area contributed by atoms with Gasteiger partial charge in [0.1, 0.15) is 0 Å². The number of carbonyl (C=O) groups is 1. The lowest BCUT2D eigenvalue weighted by Crippen LogP contribution is -2.10. The number of carbonyl (C=O) groups excluding carboxylic acids is 1. The molecule has 0 spiro atoms. The highest BCUT2D eigenvalue weighted by Crippen LogP contribution is 2.37. The molecule has 0 aromatic heterocycles. The summed E-state index contributed by atoms with van der Waals surface area (Å²) in [5.41, 5.74) is -0.980. The fourth-order valence-electron chi connectivity index (χ4n) is 1.11. The number of benzene rings is 1. The molecule has 0 bridgehead atoms. The van der Waals surface area contributed by atoms with Crippen molar-refractivity contribution in [1.82, 2.24) is 0 Å². The van der Waals surface area contributed by atoms with E-state index in [9.17, 15) is 18.0 Å². The number of rotatable bonds is 2. The number of alkyl halides is 3. The minimum absolute atomic E-state index is 0.0461. The number of thioether (sulfide) groups is 1. The number of hydrogen-bond donors (Lipinski definition) is 0. The van der Waals surface area contributed by atoms with Gasteiger partial charge in [-0.3, -0.25) is 4.79 Å². The van der Waals surface area contributed by atoms with Crippen LogP contribution in [-0.4, -0.2) is 11.3 Å². The Morgan fingerprint density at radius 1 is 1.31 bits per heavy atom. The third kappa shape index (κ3) is 3.13. The molecular weight excluding hydrogens is 237 g/mol. The summed E-state index contributed by atoms with van der Waals surface area (Å²) in [5, 5.41) is -0.262. The fourth-order valence-corrected chi connectivity index (χ4v) is 1.87. The fraction of sp³-hybridized carbons (Fsp3) is 0.182. The quantitative estimate of drug-likeness (QED) is 0.736. The lowest BCUT2D eigenvalue weighted by Gasteiger charge is -2.13. The van der Waals surface area contributed by atoms with E-state index >= 15 is 0 Å². The third-order valence-corrected chi connectivity index (χ3v) is 2.67. The summed E-state index contributed by atoms with van der Waals surface area (Å²) in [6.45, 7) is 4.32. The zero-order chi connectivity index (χ0) is 12.3. The minimum atomic E-state index is -4.48. The molecule has 1 nitrogen and oxygen atoms in total. The van der Waals surface area contributed by atoms with Crippen molar-refractivity contribution >= 4 is 22.5 Å². The summed E-state index contributed by atoms with van der Waals surface area (Å²) in [4.78, 5) is 11.2. The summed E-state index contributed by atoms with van der Waals surface area (Å²) >= 11 is 0.770. The van der Waals surface area contributed by atoms with Crippen LogP contribution in [0.2, 0.25) is 0 Å². The Balaban J connectivity index is 3.13. The molecule has 0 aliphatic rings. The van der Waals surface area contributed by atoms with Crippen LogP contribution in [-0.2, 0) is 4.79 Å². The van der Waals surface area contributed by atoms with Gasteiger partial charge in [0.15, 0.2) is 5.12 Å². The van der Waals surface area contributed by atoms with Gasteiger partial charge in [0.2, 0.25) is 0 Å². The third-order valence-electron chi connectivity index (χ3n) is 1.81. The normalized spacial score (nSPS) is 11.2. The van der Waals surface area contributed by atoms with E-state index in [4.69, 9.17) is 0 Å². The summed E-state index contributed by atoms with van der Waals surface area (Å²) in [5.74, 6) is 0. The van der Waals surface area contributed by atoms with Crippen molar-refractivity contribution in [2.45, 2.75) is 18.0 Å². The van der Waals surface area contributed by atoms with Crippen molar-refractivity contribution in [2.24, 2.45) is 0 Å². The van der Waals surface area contributed by atoms with E-state index in [2.05, 4.69) is 6.58 Å². The molecule has 0 aliphatic heterocycles. The SMILES string of the molecule is C=C(c1ccccc1SC(C)=O)C(F)(F)F. The maximum atomic E-state index is 12.5. The molecule has 5 heteroatoms. The van der Waals surface area contributed by atoms with Gasteiger partial charge in [-0.05, 0) is 6.07 Å². The Morgan fingerprint density at radius 3 is 2.38 bits per heavy atom. The Labute approximate surface area is 95.3 Å². The molecule has 0 N–H and O–H groups in total. The van der Waals surface area contributed by atoms with Gasteiger partial charge in [-0.25, -0.2) is 0 Å². The molecule has 0 heterocycles. The van der Waals surface area contributed by atoms with Crippen LogP contribution in [0.5, 0.6) is 0 Å². The van der Waals surface area contributed by atoms with Crippen LogP contribution in [0.15, 0.2) is 35.7 Å². The second-order valence-electron chi connectivity index (χ2n) is 3.07.